The average molecular weight is 410 g/mol. The number of ether oxygens (including phenoxy) is 1. The van der Waals surface area contributed by atoms with Crippen LogP contribution in [0.1, 0.15) is 39.0 Å². The molecule has 2 aromatic rings. The summed E-state index contributed by atoms with van der Waals surface area (Å²) in [5.74, 6) is 0.254. The predicted molar refractivity (Wildman–Crippen MR) is 120 cm³/mol. The lowest BCUT2D eigenvalue weighted by molar-refractivity contribution is 0.0985. The summed E-state index contributed by atoms with van der Waals surface area (Å²) in [6, 6.07) is 3.83. The fourth-order valence-electron chi connectivity index (χ4n) is 3.74. The molecular formula is C23H28FN5O. The van der Waals surface area contributed by atoms with Crippen molar-refractivity contribution in [3.63, 3.8) is 0 Å². The van der Waals surface area contributed by atoms with E-state index in [-0.39, 0.29) is 6.04 Å². The number of allylic oxidation sites excluding steroid dienone is 3. The Morgan fingerprint density at radius 3 is 2.77 bits per heavy atom. The Morgan fingerprint density at radius 1 is 1.43 bits per heavy atom. The van der Waals surface area contributed by atoms with Crippen molar-refractivity contribution in [1.29, 1.82) is 5.41 Å². The summed E-state index contributed by atoms with van der Waals surface area (Å²) in [4.78, 5) is 7.05. The van der Waals surface area contributed by atoms with Crippen molar-refractivity contribution >= 4 is 28.5 Å². The van der Waals surface area contributed by atoms with E-state index in [2.05, 4.69) is 28.6 Å². The van der Waals surface area contributed by atoms with Crippen LogP contribution in [-0.2, 0) is 4.74 Å². The van der Waals surface area contributed by atoms with Crippen molar-refractivity contribution in [2.45, 2.75) is 33.7 Å². The summed E-state index contributed by atoms with van der Waals surface area (Å²) < 4.78 is 20.8. The fraction of sp³-hybridized carbons (Fsp3) is 0.348. The first-order valence-electron chi connectivity index (χ1n) is 9.99. The van der Waals surface area contributed by atoms with E-state index in [1.165, 1.54) is 6.08 Å². The lowest BCUT2D eigenvalue weighted by Crippen LogP contribution is -2.46. The molecule has 0 amide bonds. The van der Waals surface area contributed by atoms with Gasteiger partial charge in [-0.1, -0.05) is 12.7 Å². The van der Waals surface area contributed by atoms with E-state index in [0.717, 1.165) is 17.1 Å². The predicted octanol–water partition coefficient (Wildman–Crippen LogP) is 2.96. The summed E-state index contributed by atoms with van der Waals surface area (Å²) in [6.45, 7) is 13.0. The number of aromatic amines is 1. The highest BCUT2D eigenvalue weighted by Gasteiger charge is 2.23. The summed E-state index contributed by atoms with van der Waals surface area (Å²) in [7, 11) is 0. The number of aromatic nitrogens is 3. The summed E-state index contributed by atoms with van der Waals surface area (Å²) in [5, 5.41) is 16.1. The summed E-state index contributed by atoms with van der Waals surface area (Å²) in [5.41, 5.74) is 3.16. The number of hydrogen-bond donors (Lipinski definition) is 2. The Kier molecular flexibility index (Phi) is 6.62. The molecule has 0 bridgehead atoms. The van der Waals surface area contributed by atoms with Gasteiger partial charge in [-0.05, 0) is 57.0 Å². The van der Waals surface area contributed by atoms with E-state index in [1.807, 2.05) is 32.1 Å². The molecule has 158 valence electrons. The Morgan fingerprint density at radius 2 is 2.20 bits per heavy atom. The van der Waals surface area contributed by atoms with Crippen LogP contribution in [0.25, 0.3) is 17.0 Å². The molecule has 30 heavy (non-hydrogen) atoms. The minimum Gasteiger partial charge on any atom is -0.377 e. The molecule has 1 aliphatic rings. The van der Waals surface area contributed by atoms with E-state index < -0.39 is 5.83 Å². The largest absolute Gasteiger partial charge is 0.377 e. The summed E-state index contributed by atoms with van der Waals surface area (Å²) in [6.07, 6.45) is 4.67. The first kappa shape index (κ1) is 21.6. The van der Waals surface area contributed by atoms with Crippen LogP contribution >= 0.6 is 0 Å². The van der Waals surface area contributed by atoms with Crippen LogP contribution in [0, 0.1) is 5.41 Å². The maximum atomic E-state index is 15.2. The molecule has 3 heterocycles. The number of morpholine rings is 1. The second-order valence-corrected chi connectivity index (χ2v) is 7.34. The minimum absolute atomic E-state index is 0.133. The quantitative estimate of drug-likeness (QED) is 0.745. The van der Waals surface area contributed by atoms with Crippen molar-refractivity contribution in [1.82, 2.24) is 15.2 Å². The smallest absolute Gasteiger partial charge is 0.132 e. The van der Waals surface area contributed by atoms with Gasteiger partial charge in [-0.2, -0.15) is 5.10 Å². The van der Waals surface area contributed by atoms with Gasteiger partial charge in [0, 0.05) is 29.2 Å². The molecule has 0 saturated carbocycles. The van der Waals surface area contributed by atoms with Gasteiger partial charge in [-0.3, -0.25) is 5.10 Å². The Balaban J connectivity index is 2.48. The monoisotopic (exact) mass is 409 g/mol. The molecule has 1 atom stereocenters. The molecule has 1 unspecified atom stereocenters. The van der Waals surface area contributed by atoms with Crippen molar-refractivity contribution in [3.05, 3.63) is 58.9 Å². The zero-order chi connectivity index (χ0) is 21.8. The molecule has 1 fully saturated rings. The number of H-pyrrole nitrogens is 1. The van der Waals surface area contributed by atoms with E-state index >= 15 is 4.39 Å². The topological polar surface area (TPSA) is 77.9 Å². The molecule has 1 aliphatic heterocycles. The average Bonchev–Trinajstić information content (AvgIpc) is 3.27. The van der Waals surface area contributed by atoms with E-state index in [9.17, 15) is 0 Å². The molecule has 0 radical (unpaired) electrons. The lowest BCUT2D eigenvalue weighted by Gasteiger charge is -2.34. The van der Waals surface area contributed by atoms with Crippen molar-refractivity contribution in [2.75, 3.05) is 24.7 Å². The first-order chi connectivity index (χ1) is 14.4. The molecule has 0 aliphatic carbocycles. The van der Waals surface area contributed by atoms with E-state index in [0.29, 0.717) is 47.2 Å². The molecule has 0 aromatic carbocycles. The van der Waals surface area contributed by atoms with Gasteiger partial charge in [0.1, 0.15) is 11.6 Å². The minimum atomic E-state index is -0.478. The van der Waals surface area contributed by atoms with Gasteiger partial charge in [0.25, 0.3) is 0 Å². The van der Waals surface area contributed by atoms with Crippen molar-refractivity contribution < 1.29 is 9.13 Å². The molecule has 2 N–H and O–H groups in total. The Bertz CT molecular complexity index is 1100. The molecule has 0 spiro atoms. The summed E-state index contributed by atoms with van der Waals surface area (Å²) >= 11 is 0. The SMILES string of the molecule is C=C/C(F)=c1/c(/C(=C\C)C(C)=N)cc(N2CCOCC2C)n/c1=C(/C)c1ccn[nH]1. The van der Waals surface area contributed by atoms with Crippen LogP contribution in [0.15, 0.2) is 37.1 Å². The fourth-order valence-corrected chi connectivity index (χ4v) is 3.74. The standard InChI is InChI=1S/C23H28FN5O/c1-6-17(16(5)25)18-12-21(29-10-11-30-13-14(29)3)27-23(22(18)19(24)7-2)15(4)20-8-9-26-28-20/h6-9,12,14,25H,2,10-11,13H2,1,3-5H3,(H,26,28)/b17-6-,22-19+,23-15-,25-16?. The molecule has 1 saturated heterocycles. The second kappa shape index (κ2) is 9.17. The maximum Gasteiger partial charge on any atom is 0.132 e. The van der Waals surface area contributed by atoms with Crippen LogP contribution in [0.5, 0.6) is 0 Å². The Labute approximate surface area is 176 Å². The van der Waals surface area contributed by atoms with E-state index in [4.69, 9.17) is 15.1 Å². The van der Waals surface area contributed by atoms with Gasteiger partial charge in [0.05, 0.1) is 30.3 Å². The normalized spacial score (nSPS) is 19.4. The number of hydrogen-bond acceptors (Lipinski definition) is 5. The zero-order valence-corrected chi connectivity index (χ0v) is 17.9. The molecule has 6 nitrogen and oxygen atoms in total. The van der Waals surface area contributed by atoms with Crippen molar-refractivity contribution in [2.24, 2.45) is 0 Å². The molecular weight excluding hydrogens is 381 g/mol. The van der Waals surface area contributed by atoms with Crippen molar-refractivity contribution in [3.8, 4) is 0 Å². The molecule has 7 heteroatoms. The van der Waals surface area contributed by atoms with Gasteiger partial charge in [-0.15, -0.1) is 0 Å². The highest BCUT2D eigenvalue weighted by molar-refractivity contribution is 6.21. The van der Waals surface area contributed by atoms with Gasteiger partial charge < -0.3 is 15.0 Å². The lowest BCUT2D eigenvalue weighted by atomic mass is 9.97. The third-order valence-corrected chi connectivity index (χ3v) is 5.33. The number of nitrogens with zero attached hydrogens (tertiary/aromatic N) is 3. The van der Waals surface area contributed by atoms with Gasteiger partial charge >= 0.3 is 0 Å². The third-order valence-electron chi connectivity index (χ3n) is 5.33. The highest BCUT2D eigenvalue weighted by Crippen LogP contribution is 2.21. The number of nitrogens with one attached hydrogen (secondary N) is 2. The van der Waals surface area contributed by atoms with Crippen LogP contribution in [0.3, 0.4) is 0 Å². The van der Waals surface area contributed by atoms with Crippen LogP contribution in [0.4, 0.5) is 10.2 Å². The molecule has 2 aromatic heterocycles. The third kappa shape index (κ3) is 4.11. The Hall–Kier alpha value is -3.06. The highest BCUT2D eigenvalue weighted by atomic mass is 19.1. The van der Waals surface area contributed by atoms with E-state index in [1.54, 1.807) is 13.1 Å². The van der Waals surface area contributed by atoms with Crippen LogP contribution in [-0.4, -0.2) is 46.7 Å². The second-order valence-electron chi connectivity index (χ2n) is 7.34. The number of pyridine rings is 1. The number of rotatable bonds is 5. The zero-order valence-electron chi connectivity index (χ0n) is 17.9. The first-order valence-corrected chi connectivity index (χ1v) is 9.99. The van der Waals surface area contributed by atoms with Crippen LogP contribution < -0.4 is 15.5 Å². The molecule has 3 rings (SSSR count). The van der Waals surface area contributed by atoms with Gasteiger partial charge in [0.15, 0.2) is 0 Å². The maximum absolute atomic E-state index is 15.2. The van der Waals surface area contributed by atoms with Gasteiger partial charge in [-0.25, -0.2) is 9.37 Å². The number of anilines is 1. The van der Waals surface area contributed by atoms with Gasteiger partial charge in [0.2, 0.25) is 0 Å². The number of halogens is 1. The van der Waals surface area contributed by atoms with Crippen LogP contribution in [0.2, 0.25) is 0 Å².